The summed E-state index contributed by atoms with van der Waals surface area (Å²) in [5, 5.41) is 18.8. The number of nitrogens with one attached hydrogen (secondary N) is 1. The number of hydrogen-bond donors (Lipinski definition) is 3. The highest BCUT2D eigenvalue weighted by atomic mass is 32.2. The second-order valence-electron chi connectivity index (χ2n) is 5.87. The van der Waals surface area contributed by atoms with Gasteiger partial charge in [-0.15, -0.1) is 11.8 Å². The molecule has 3 rings (SSSR count). The van der Waals surface area contributed by atoms with Crippen LogP contribution >= 0.6 is 11.8 Å². The van der Waals surface area contributed by atoms with Gasteiger partial charge in [0.25, 0.3) is 10.0 Å². The molecule has 0 spiro atoms. The maximum atomic E-state index is 13.0. The van der Waals surface area contributed by atoms with Crippen molar-refractivity contribution < 1.29 is 23.4 Å². The van der Waals surface area contributed by atoms with E-state index in [0.29, 0.717) is 4.90 Å². The molecule has 0 heterocycles. The number of carboxylic acid groups (broad SMARTS) is 1. The monoisotopic (exact) mass is 415 g/mol. The molecule has 28 heavy (non-hydrogen) atoms. The first-order valence-corrected chi connectivity index (χ1v) is 10.8. The van der Waals surface area contributed by atoms with Gasteiger partial charge < -0.3 is 10.2 Å². The zero-order valence-electron chi connectivity index (χ0n) is 14.8. The number of anilines is 1. The topological polar surface area (TPSA) is 104 Å². The molecule has 0 aromatic heterocycles. The summed E-state index contributed by atoms with van der Waals surface area (Å²) in [5.74, 6) is -1.82. The number of phenols is 1. The molecule has 0 aliphatic heterocycles. The predicted octanol–water partition coefficient (Wildman–Crippen LogP) is 4.28. The standard InChI is InChI=1S/C20H17NO5S2/c1-27-18-10-7-14(13-5-3-2-4-6-13)11-19(18)28(25,26)21-15-8-9-16(20(23)24)17(22)12-15/h2-12,21-22H,1H3,(H,23,24). The molecule has 8 heteroatoms. The van der Waals surface area contributed by atoms with Gasteiger partial charge in [-0.1, -0.05) is 36.4 Å². The molecule has 0 bridgehead atoms. The van der Waals surface area contributed by atoms with E-state index in [1.807, 2.05) is 36.4 Å². The first-order chi connectivity index (χ1) is 13.3. The summed E-state index contributed by atoms with van der Waals surface area (Å²) in [4.78, 5) is 11.7. The van der Waals surface area contributed by atoms with Crippen LogP contribution in [-0.4, -0.2) is 30.9 Å². The largest absolute Gasteiger partial charge is 0.507 e. The Kier molecular flexibility index (Phi) is 5.62. The molecular weight excluding hydrogens is 398 g/mol. The number of sulfonamides is 1. The first-order valence-electron chi connectivity index (χ1n) is 8.14. The third kappa shape index (κ3) is 4.13. The molecule has 0 aliphatic rings. The van der Waals surface area contributed by atoms with Gasteiger partial charge in [-0.2, -0.15) is 0 Å². The smallest absolute Gasteiger partial charge is 0.339 e. The number of carbonyl (C=O) groups is 1. The quantitative estimate of drug-likeness (QED) is 0.519. The van der Waals surface area contributed by atoms with Gasteiger partial charge in [0, 0.05) is 11.0 Å². The van der Waals surface area contributed by atoms with E-state index < -0.39 is 21.7 Å². The van der Waals surface area contributed by atoms with Crippen molar-refractivity contribution in [3.8, 4) is 16.9 Å². The molecule has 6 nitrogen and oxygen atoms in total. The minimum atomic E-state index is -3.97. The summed E-state index contributed by atoms with van der Waals surface area (Å²) in [6.45, 7) is 0. The van der Waals surface area contributed by atoms with Crippen LogP contribution in [0.25, 0.3) is 11.1 Å². The average molecular weight is 415 g/mol. The lowest BCUT2D eigenvalue weighted by atomic mass is 10.1. The summed E-state index contributed by atoms with van der Waals surface area (Å²) in [7, 11) is -3.97. The van der Waals surface area contributed by atoms with Crippen molar-refractivity contribution >= 4 is 33.4 Å². The van der Waals surface area contributed by atoms with Gasteiger partial charge in [0.1, 0.15) is 16.2 Å². The summed E-state index contributed by atoms with van der Waals surface area (Å²) in [6.07, 6.45) is 1.78. The predicted molar refractivity (Wildman–Crippen MR) is 110 cm³/mol. The second-order valence-corrected chi connectivity index (χ2v) is 8.37. The highest BCUT2D eigenvalue weighted by Gasteiger charge is 2.21. The molecular formula is C20H17NO5S2. The van der Waals surface area contributed by atoms with Crippen LogP contribution in [0.1, 0.15) is 10.4 Å². The van der Waals surface area contributed by atoms with Crippen LogP contribution in [-0.2, 0) is 10.0 Å². The molecule has 3 aromatic carbocycles. The third-order valence-electron chi connectivity index (χ3n) is 4.04. The lowest BCUT2D eigenvalue weighted by Gasteiger charge is -2.13. The van der Waals surface area contributed by atoms with Crippen LogP contribution in [0.5, 0.6) is 5.75 Å². The second kappa shape index (κ2) is 7.95. The van der Waals surface area contributed by atoms with Crippen molar-refractivity contribution in [3.05, 3.63) is 72.3 Å². The molecule has 0 radical (unpaired) electrons. The van der Waals surface area contributed by atoms with Gasteiger partial charge in [-0.25, -0.2) is 13.2 Å². The fourth-order valence-corrected chi connectivity index (χ4v) is 4.89. The summed E-state index contributed by atoms with van der Waals surface area (Å²) >= 11 is 1.30. The Morgan fingerprint density at radius 3 is 2.29 bits per heavy atom. The van der Waals surface area contributed by atoms with Gasteiger partial charge in [-0.3, -0.25) is 4.72 Å². The molecule has 0 unspecified atom stereocenters. The molecule has 0 saturated heterocycles. The Hall–Kier alpha value is -2.97. The third-order valence-corrected chi connectivity index (χ3v) is 6.39. The Bertz CT molecular complexity index is 1130. The minimum absolute atomic E-state index is 0.0691. The minimum Gasteiger partial charge on any atom is -0.507 e. The number of aromatic carboxylic acids is 1. The van der Waals surface area contributed by atoms with E-state index in [1.165, 1.54) is 17.8 Å². The van der Waals surface area contributed by atoms with Crippen LogP contribution in [0.4, 0.5) is 5.69 Å². The fourth-order valence-electron chi connectivity index (χ4n) is 2.68. The van der Waals surface area contributed by atoms with Crippen molar-refractivity contribution in [2.45, 2.75) is 9.79 Å². The number of thioether (sulfide) groups is 1. The SMILES string of the molecule is CSc1ccc(-c2ccccc2)cc1S(=O)(=O)Nc1ccc(C(=O)O)c(O)c1. The number of aromatic hydroxyl groups is 1. The summed E-state index contributed by atoms with van der Waals surface area (Å²) < 4.78 is 28.3. The number of hydrogen-bond acceptors (Lipinski definition) is 5. The van der Waals surface area contributed by atoms with Crippen LogP contribution in [0, 0.1) is 0 Å². The Balaban J connectivity index is 2.01. The number of carboxylic acids is 1. The first kappa shape index (κ1) is 19.8. The lowest BCUT2D eigenvalue weighted by Crippen LogP contribution is -2.14. The van der Waals surface area contributed by atoms with E-state index in [-0.39, 0.29) is 16.1 Å². The Morgan fingerprint density at radius 1 is 0.964 bits per heavy atom. The van der Waals surface area contributed by atoms with E-state index in [0.717, 1.165) is 23.3 Å². The summed E-state index contributed by atoms with van der Waals surface area (Å²) in [6, 6.07) is 18.1. The number of rotatable bonds is 6. The van der Waals surface area contributed by atoms with Crippen LogP contribution < -0.4 is 4.72 Å². The van der Waals surface area contributed by atoms with Gasteiger partial charge in [-0.05, 0) is 41.6 Å². The molecule has 0 amide bonds. The Morgan fingerprint density at radius 2 is 1.68 bits per heavy atom. The van der Waals surface area contributed by atoms with E-state index >= 15 is 0 Å². The van der Waals surface area contributed by atoms with E-state index in [2.05, 4.69) is 4.72 Å². The van der Waals surface area contributed by atoms with Gasteiger partial charge in [0.15, 0.2) is 0 Å². The highest BCUT2D eigenvalue weighted by Crippen LogP contribution is 2.32. The van der Waals surface area contributed by atoms with Crippen LogP contribution in [0.3, 0.4) is 0 Å². The molecule has 0 fully saturated rings. The van der Waals surface area contributed by atoms with Crippen molar-refractivity contribution in [2.75, 3.05) is 11.0 Å². The van der Waals surface area contributed by atoms with Gasteiger partial charge >= 0.3 is 5.97 Å². The average Bonchev–Trinajstić information content (AvgIpc) is 2.67. The molecule has 3 aromatic rings. The van der Waals surface area contributed by atoms with Gasteiger partial charge in [0.05, 0.1) is 5.69 Å². The maximum Gasteiger partial charge on any atom is 0.339 e. The van der Waals surface area contributed by atoms with E-state index in [1.54, 1.807) is 18.4 Å². The molecule has 0 aliphatic carbocycles. The molecule has 144 valence electrons. The fraction of sp³-hybridized carbons (Fsp3) is 0.0500. The molecule has 3 N–H and O–H groups in total. The van der Waals surface area contributed by atoms with Crippen molar-refractivity contribution in [1.82, 2.24) is 0 Å². The van der Waals surface area contributed by atoms with Crippen molar-refractivity contribution in [1.29, 1.82) is 0 Å². The number of benzene rings is 3. The zero-order valence-corrected chi connectivity index (χ0v) is 16.4. The molecule has 0 saturated carbocycles. The maximum absolute atomic E-state index is 13.0. The van der Waals surface area contributed by atoms with Crippen molar-refractivity contribution in [2.24, 2.45) is 0 Å². The lowest BCUT2D eigenvalue weighted by molar-refractivity contribution is 0.0694. The molecule has 0 atom stereocenters. The van der Waals surface area contributed by atoms with Crippen LogP contribution in [0.2, 0.25) is 0 Å². The van der Waals surface area contributed by atoms with Crippen LogP contribution in [0.15, 0.2) is 76.5 Å². The Labute approximate surface area is 166 Å². The van der Waals surface area contributed by atoms with E-state index in [4.69, 9.17) is 5.11 Å². The summed E-state index contributed by atoms with van der Waals surface area (Å²) in [5.41, 5.74) is 1.40. The van der Waals surface area contributed by atoms with Gasteiger partial charge in [0.2, 0.25) is 0 Å². The van der Waals surface area contributed by atoms with Crippen molar-refractivity contribution in [3.63, 3.8) is 0 Å². The highest BCUT2D eigenvalue weighted by molar-refractivity contribution is 7.99. The zero-order chi connectivity index (χ0) is 20.3. The normalized spacial score (nSPS) is 11.2. The van der Waals surface area contributed by atoms with E-state index in [9.17, 15) is 18.3 Å².